The van der Waals surface area contributed by atoms with E-state index in [0.717, 1.165) is 24.0 Å². The smallest absolute Gasteiger partial charge is 0.335 e. The molecular formula is C21H25NO10. The fourth-order valence-corrected chi connectivity index (χ4v) is 5.95. The van der Waals surface area contributed by atoms with Gasteiger partial charge in [-0.2, -0.15) is 0 Å². The topological polar surface area (TPSA) is 185 Å². The van der Waals surface area contributed by atoms with Gasteiger partial charge < -0.3 is 40.1 Å². The quantitative estimate of drug-likeness (QED) is 0.297. The Labute approximate surface area is 182 Å². The predicted molar refractivity (Wildman–Crippen MR) is 106 cm³/mol. The van der Waals surface area contributed by atoms with E-state index in [9.17, 15) is 24.7 Å². The fraction of sp³-hybridized carbons (Fsp3) is 0.571. The van der Waals surface area contributed by atoms with E-state index in [1.54, 1.807) is 13.1 Å². The highest BCUT2D eigenvalue weighted by atomic mass is 16.5. The minimum atomic E-state index is -2.27. The Morgan fingerprint density at radius 3 is 2.44 bits per heavy atom. The molecule has 0 radical (unpaired) electrons. The number of nitrogens with zero attached hydrogens (tertiary/aromatic N) is 1. The molecule has 32 heavy (non-hydrogen) atoms. The summed E-state index contributed by atoms with van der Waals surface area (Å²) < 4.78 is 5.76. The SMILES string of the molecule is C[N+]1([O-])CC[C@]23c4c5ccc(O)c4O[C@H]2C(=O)CC[C@H]3[C@H]1C5.O=C(O)C(O)C(O)C(=O)O. The molecule has 1 saturated heterocycles. The van der Waals surface area contributed by atoms with Gasteiger partial charge in [0.15, 0.2) is 35.6 Å². The number of ether oxygens (including phenoxy) is 1. The first-order valence-corrected chi connectivity index (χ1v) is 10.3. The van der Waals surface area contributed by atoms with Gasteiger partial charge in [-0.05, 0) is 18.1 Å². The molecule has 2 heterocycles. The van der Waals surface area contributed by atoms with Gasteiger partial charge in [-0.15, -0.1) is 0 Å². The van der Waals surface area contributed by atoms with Gasteiger partial charge in [0.1, 0.15) is 0 Å². The van der Waals surface area contributed by atoms with Crippen LogP contribution in [0.4, 0.5) is 0 Å². The number of carbonyl (C=O) groups excluding carboxylic acids is 1. The predicted octanol–water partition coefficient (Wildman–Crippen LogP) is -0.480. The lowest BCUT2D eigenvalue weighted by Crippen LogP contribution is -2.70. The molecule has 1 saturated carbocycles. The second-order valence-corrected chi connectivity index (χ2v) is 9.08. The Morgan fingerprint density at radius 2 is 1.84 bits per heavy atom. The molecule has 4 aliphatic rings. The maximum absolute atomic E-state index is 13.0. The molecule has 1 aromatic rings. The highest BCUT2D eigenvalue weighted by Gasteiger charge is 2.68. The number of carbonyl (C=O) groups is 3. The number of phenolic OH excluding ortho intramolecular Hbond substituents is 1. The van der Waals surface area contributed by atoms with Crippen molar-refractivity contribution >= 4 is 17.7 Å². The summed E-state index contributed by atoms with van der Waals surface area (Å²) in [6.07, 6.45) is -2.38. The molecular weight excluding hydrogens is 426 g/mol. The van der Waals surface area contributed by atoms with Crippen molar-refractivity contribution in [1.29, 1.82) is 0 Å². The summed E-state index contributed by atoms with van der Waals surface area (Å²) in [4.78, 5) is 32.0. The number of aromatic hydroxyl groups is 1. The van der Waals surface area contributed by atoms with Crippen LogP contribution in [-0.4, -0.2) is 85.8 Å². The highest BCUT2D eigenvalue weighted by molar-refractivity contribution is 5.89. The number of benzene rings is 1. The van der Waals surface area contributed by atoms with Crippen molar-refractivity contribution in [3.8, 4) is 11.5 Å². The Hall–Kier alpha value is -2.73. The number of hydroxylamine groups is 3. The summed E-state index contributed by atoms with van der Waals surface area (Å²) in [5, 5.41) is 55.7. The summed E-state index contributed by atoms with van der Waals surface area (Å²) in [7, 11) is 1.77. The first kappa shape index (κ1) is 22.5. The average Bonchev–Trinajstić information content (AvgIpc) is 3.09. The first-order valence-electron chi connectivity index (χ1n) is 10.3. The van der Waals surface area contributed by atoms with Crippen molar-refractivity contribution in [2.24, 2.45) is 5.92 Å². The number of aliphatic hydroxyl groups excluding tert-OH is 2. The van der Waals surface area contributed by atoms with Gasteiger partial charge in [-0.25, -0.2) is 9.59 Å². The number of ketones is 1. The van der Waals surface area contributed by atoms with Crippen LogP contribution in [0.3, 0.4) is 0 Å². The molecule has 2 bridgehead atoms. The number of Topliss-reactive ketones (excluding diaryl/α,β-unsaturated/α-hetero) is 1. The average molecular weight is 451 g/mol. The van der Waals surface area contributed by atoms with Crippen LogP contribution in [0.1, 0.15) is 30.4 Å². The number of phenols is 1. The molecule has 2 aliphatic heterocycles. The lowest BCUT2D eigenvalue weighted by Gasteiger charge is -2.62. The fourth-order valence-electron chi connectivity index (χ4n) is 5.95. The van der Waals surface area contributed by atoms with E-state index in [1.807, 2.05) is 6.07 Å². The van der Waals surface area contributed by atoms with Crippen LogP contribution in [0, 0.1) is 11.1 Å². The van der Waals surface area contributed by atoms with Gasteiger partial charge in [0, 0.05) is 30.7 Å². The number of hydrogen-bond acceptors (Lipinski definition) is 8. The van der Waals surface area contributed by atoms with E-state index in [0.29, 0.717) is 25.1 Å². The molecule has 3 unspecified atom stereocenters. The molecule has 11 nitrogen and oxygen atoms in total. The second kappa shape index (κ2) is 7.41. The largest absolute Gasteiger partial charge is 0.633 e. The van der Waals surface area contributed by atoms with E-state index in [-0.39, 0.29) is 33.6 Å². The standard InChI is InChI=1S/C17H19NO4.C4H6O6/c1-18(21)7-6-17-10-3-5-13(20)16(17)22-15-12(19)4-2-9(14(15)17)8-11(10)18;5-1(3(7)8)2(6)4(9)10/h2,4,10-11,16,19H,3,5-8H2,1H3;1-2,5-6H,(H,7,8)(H,9,10)/t10-,11+,16-,17-,18?;/m0./s1. The van der Waals surface area contributed by atoms with Gasteiger partial charge in [0.2, 0.25) is 0 Å². The van der Waals surface area contributed by atoms with Gasteiger partial charge in [0.05, 0.1) is 25.0 Å². The lowest BCUT2D eigenvalue weighted by atomic mass is 9.51. The van der Waals surface area contributed by atoms with Gasteiger partial charge in [-0.3, -0.25) is 4.79 Å². The highest BCUT2D eigenvalue weighted by Crippen LogP contribution is 2.63. The zero-order valence-corrected chi connectivity index (χ0v) is 17.3. The minimum Gasteiger partial charge on any atom is -0.633 e. The van der Waals surface area contributed by atoms with Crippen molar-refractivity contribution in [2.75, 3.05) is 13.6 Å². The normalized spacial score (nSPS) is 35.5. The van der Waals surface area contributed by atoms with Crippen LogP contribution in [0.25, 0.3) is 0 Å². The number of carboxylic acids is 2. The molecule has 2 aliphatic carbocycles. The van der Waals surface area contributed by atoms with Crippen LogP contribution in [0.5, 0.6) is 11.5 Å². The Balaban J connectivity index is 0.000000211. The van der Waals surface area contributed by atoms with Gasteiger partial charge in [-0.1, -0.05) is 6.07 Å². The van der Waals surface area contributed by atoms with Crippen molar-refractivity contribution in [3.05, 3.63) is 28.5 Å². The summed E-state index contributed by atoms with van der Waals surface area (Å²) in [5.74, 6) is -2.60. The molecule has 5 N–H and O–H groups in total. The van der Waals surface area contributed by atoms with Crippen molar-refractivity contribution < 1.29 is 49.3 Å². The molecule has 1 spiro atoms. The third-order valence-corrected chi connectivity index (χ3v) is 7.42. The number of hydrogen-bond donors (Lipinski definition) is 5. The Kier molecular flexibility index (Phi) is 5.20. The molecule has 0 amide bonds. The molecule has 11 heteroatoms. The molecule has 0 aromatic heterocycles. The van der Waals surface area contributed by atoms with E-state index in [2.05, 4.69) is 0 Å². The van der Waals surface area contributed by atoms with E-state index < -0.39 is 30.3 Å². The van der Waals surface area contributed by atoms with Gasteiger partial charge in [0.25, 0.3) is 0 Å². The van der Waals surface area contributed by atoms with Gasteiger partial charge >= 0.3 is 11.9 Å². The lowest BCUT2D eigenvalue weighted by molar-refractivity contribution is -0.899. The Morgan fingerprint density at radius 1 is 1.22 bits per heavy atom. The Bertz CT molecular complexity index is 973. The molecule has 1 aromatic carbocycles. The number of quaternary nitrogens is 1. The molecule has 5 rings (SSSR count). The van der Waals surface area contributed by atoms with E-state index in [1.165, 1.54) is 0 Å². The summed E-state index contributed by atoms with van der Waals surface area (Å²) in [6, 6.07) is 3.54. The number of rotatable bonds is 3. The number of likely N-dealkylation sites (N-methyl/N-ethyl adjacent to an activating group) is 1. The summed E-state index contributed by atoms with van der Waals surface area (Å²) in [6.45, 7) is 0.517. The number of aliphatic carboxylic acids is 2. The zero-order valence-electron chi connectivity index (χ0n) is 17.3. The first-order chi connectivity index (χ1) is 14.9. The van der Waals surface area contributed by atoms with Crippen molar-refractivity contribution in [2.45, 2.75) is 55.5 Å². The zero-order chi connectivity index (χ0) is 23.6. The molecule has 7 atom stereocenters. The third-order valence-electron chi connectivity index (χ3n) is 7.42. The van der Waals surface area contributed by atoms with Crippen LogP contribution < -0.4 is 4.74 Å². The van der Waals surface area contributed by atoms with Crippen LogP contribution in [0.15, 0.2) is 12.1 Å². The monoisotopic (exact) mass is 451 g/mol. The minimum absolute atomic E-state index is 0.00376. The summed E-state index contributed by atoms with van der Waals surface area (Å²) >= 11 is 0. The van der Waals surface area contributed by atoms with E-state index in [4.69, 9.17) is 25.2 Å². The number of likely N-dealkylation sites (tertiary alicyclic amines) is 1. The molecule has 2 fully saturated rings. The van der Waals surface area contributed by atoms with E-state index >= 15 is 0 Å². The maximum atomic E-state index is 13.0. The number of piperidine rings is 1. The summed E-state index contributed by atoms with van der Waals surface area (Å²) in [5.41, 5.74) is 1.75. The van der Waals surface area contributed by atoms with Crippen LogP contribution in [-0.2, 0) is 26.2 Å². The van der Waals surface area contributed by atoms with Crippen molar-refractivity contribution in [3.63, 3.8) is 0 Å². The van der Waals surface area contributed by atoms with Crippen molar-refractivity contribution in [1.82, 2.24) is 0 Å². The maximum Gasteiger partial charge on any atom is 0.335 e. The van der Waals surface area contributed by atoms with Crippen LogP contribution >= 0.6 is 0 Å². The third kappa shape index (κ3) is 3.07. The van der Waals surface area contributed by atoms with Crippen LogP contribution in [0.2, 0.25) is 0 Å². The number of aliphatic hydroxyl groups is 2. The number of carboxylic acid groups (broad SMARTS) is 2. The second-order valence-electron chi connectivity index (χ2n) is 9.08. The molecule has 174 valence electrons.